The molecule has 0 spiro atoms. The highest BCUT2D eigenvalue weighted by Gasteiger charge is 2.10. The van der Waals surface area contributed by atoms with Crippen molar-refractivity contribution in [2.75, 3.05) is 12.4 Å². The van der Waals surface area contributed by atoms with Crippen LogP contribution in [-0.2, 0) is 13.0 Å². The molecule has 21 heavy (non-hydrogen) atoms. The number of nitrogens with one attached hydrogen (secondary N) is 1. The van der Waals surface area contributed by atoms with Crippen molar-refractivity contribution in [3.63, 3.8) is 0 Å². The Morgan fingerprint density at radius 1 is 1.14 bits per heavy atom. The number of anilines is 1. The topological polar surface area (TPSA) is 55.6 Å². The Balaban J connectivity index is 1.99. The molecule has 0 aliphatic carbocycles. The molecule has 5 heteroatoms. The summed E-state index contributed by atoms with van der Waals surface area (Å²) in [4.78, 5) is 13.5. The standard InChI is InChI=1S/C16H19N5/c1-3-6-16-20-13-7-4-5-8-14(13)21(16)11-12-9-19-15(17-2)10-18-12/h4-5,7-10H,3,6,11H2,1-2H3,(H,17,19). The summed E-state index contributed by atoms with van der Waals surface area (Å²) in [5, 5.41) is 2.98. The number of hydrogen-bond acceptors (Lipinski definition) is 4. The number of para-hydroxylation sites is 2. The number of fused-ring (bicyclic) bond motifs is 1. The summed E-state index contributed by atoms with van der Waals surface area (Å²) >= 11 is 0. The fourth-order valence-corrected chi connectivity index (χ4v) is 2.44. The van der Waals surface area contributed by atoms with Gasteiger partial charge in [0.2, 0.25) is 0 Å². The van der Waals surface area contributed by atoms with Gasteiger partial charge in [0.1, 0.15) is 11.6 Å². The van der Waals surface area contributed by atoms with E-state index >= 15 is 0 Å². The van der Waals surface area contributed by atoms with E-state index in [4.69, 9.17) is 4.98 Å². The third-order valence-corrected chi connectivity index (χ3v) is 3.49. The number of aromatic nitrogens is 4. The summed E-state index contributed by atoms with van der Waals surface area (Å²) in [5.41, 5.74) is 3.13. The Kier molecular flexibility index (Phi) is 3.81. The molecule has 1 aromatic carbocycles. The molecule has 0 atom stereocenters. The first kappa shape index (κ1) is 13.5. The molecule has 3 aromatic rings. The van der Waals surface area contributed by atoms with Crippen molar-refractivity contribution in [2.24, 2.45) is 0 Å². The zero-order valence-electron chi connectivity index (χ0n) is 12.4. The van der Waals surface area contributed by atoms with E-state index in [2.05, 4.69) is 38.9 Å². The van der Waals surface area contributed by atoms with Gasteiger partial charge in [-0.2, -0.15) is 0 Å². The van der Waals surface area contributed by atoms with Crippen LogP contribution in [0, 0.1) is 0 Å². The van der Waals surface area contributed by atoms with Crippen LogP contribution in [0.25, 0.3) is 11.0 Å². The van der Waals surface area contributed by atoms with Crippen LogP contribution in [-0.4, -0.2) is 26.6 Å². The molecule has 0 aliphatic heterocycles. The van der Waals surface area contributed by atoms with E-state index in [1.165, 1.54) is 0 Å². The van der Waals surface area contributed by atoms with Crippen LogP contribution >= 0.6 is 0 Å². The number of benzene rings is 1. The van der Waals surface area contributed by atoms with Crippen LogP contribution in [0.1, 0.15) is 24.9 Å². The Labute approximate surface area is 124 Å². The summed E-state index contributed by atoms with van der Waals surface area (Å²) in [6, 6.07) is 8.24. The van der Waals surface area contributed by atoms with Gasteiger partial charge in [0.25, 0.3) is 0 Å². The first-order valence-corrected chi connectivity index (χ1v) is 7.24. The summed E-state index contributed by atoms with van der Waals surface area (Å²) in [7, 11) is 1.84. The maximum absolute atomic E-state index is 4.73. The van der Waals surface area contributed by atoms with E-state index in [0.717, 1.165) is 41.2 Å². The summed E-state index contributed by atoms with van der Waals surface area (Å²) in [6.07, 6.45) is 5.62. The molecule has 0 amide bonds. The van der Waals surface area contributed by atoms with Crippen LogP contribution in [0.5, 0.6) is 0 Å². The molecule has 0 bridgehead atoms. The lowest BCUT2D eigenvalue weighted by molar-refractivity contribution is 0.707. The van der Waals surface area contributed by atoms with Crippen molar-refractivity contribution < 1.29 is 0 Å². The molecule has 3 rings (SSSR count). The molecular weight excluding hydrogens is 262 g/mol. The van der Waals surface area contributed by atoms with Gasteiger partial charge in [-0.15, -0.1) is 0 Å². The van der Waals surface area contributed by atoms with Crippen LogP contribution in [0.3, 0.4) is 0 Å². The Morgan fingerprint density at radius 2 is 2.00 bits per heavy atom. The number of imidazole rings is 1. The minimum absolute atomic E-state index is 0.701. The van der Waals surface area contributed by atoms with Gasteiger partial charge in [-0.25, -0.2) is 9.97 Å². The second-order valence-electron chi connectivity index (χ2n) is 5.00. The molecule has 0 fully saturated rings. The van der Waals surface area contributed by atoms with E-state index in [9.17, 15) is 0 Å². The quantitative estimate of drug-likeness (QED) is 0.781. The summed E-state index contributed by atoms with van der Waals surface area (Å²) in [5.74, 6) is 1.89. The fraction of sp³-hybridized carbons (Fsp3) is 0.312. The third kappa shape index (κ3) is 2.72. The highest BCUT2D eigenvalue weighted by atomic mass is 15.1. The zero-order chi connectivity index (χ0) is 14.7. The van der Waals surface area contributed by atoms with E-state index < -0.39 is 0 Å². The first-order chi connectivity index (χ1) is 10.3. The fourth-order valence-electron chi connectivity index (χ4n) is 2.44. The average molecular weight is 281 g/mol. The Bertz CT molecular complexity index is 730. The minimum atomic E-state index is 0.701. The zero-order valence-corrected chi connectivity index (χ0v) is 12.4. The predicted octanol–water partition coefficient (Wildman–Crippen LogP) is 2.87. The molecule has 5 nitrogen and oxygen atoms in total. The molecule has 2 heterocycles. The van der Waals surface area contributed by atoms with E-state index in [-0.39, 0.29) is 0 Å². The van der Waals surface area contributed by atoms with Gasteiger partial charge in [-0.1, -0.05) is 19.1 Å². The summed E-state index contributed by atoms with van der Waals surface area (Å²) < 4.78 is 2.24. The highest BCUT2D eigenvalue weighted by Crippen LogP contribution is 2.18. The van der Waals surface area contributed by atoms with E-state index in [1.807, 2.05) is 25.4 Å². The van der Waals surface area contributed by atoms with Crippen molar-refractivity contribution in [3.8, 4) is 0 Å². The van der Waals surface area contributed by atoms with Crippen molar-refractivity contribution in [1.82, 2.24) is 19.5 Å². The van der Waals surface area contributed by atoms with Gasteiger partial charge >= 0.3 is 0 Å². The molecule has 2 aromatic heterocycles. The van der Waals surface area contributed by atoms with Gasteiger partial charge in [-0.05, 0) is 18.6 Å². The normalized spacial score (nSPS) is 11.0. The Hall–Kier alpha value is -2.43. The van der Waals surface area contributed by atoms with Crippen molar-refractivity contribution in [2.45, 2.75) is 26.3 Å². The monoisotopic (exact) mass is 281 g/mol. The lowest BCUT2D eigenvalue weighted by atomic mass is 10.3. The van der Waals surface area contributed by atoms with Crippen molar-refractivity contribution in [3.05, 3.63) is 48.2 Å². The number of hydrogen-bond donors (Lipinski definition) is 1. The minimum Gasteiger partial charge on any atom is -0.372 e. The molecule has 0 aliphatic rings. The molecule has 0 saturated heterocycles. The van der Waals surface area contributed by atoms with E-state index in [0.29, 0.717) is 6.54 Å². The molecular formula is C16H19N5. The second kappa shape index (κ2) is 5.91. The molecule has 0 radical (unpaired) electrons. The van der Waals surface area contributed by atoms with Crippen LogP contribution < -0.4 is 5.32 Å². The number of aryl methyl sites for hydroxylation is 1. The van der Waals surface area contributed by atoms with Crippen molar-refractivity contribution in [1.29, 1.82) is 0 Å². The van der Waals surface area contributed by atoms with Gasteiger partial charge in [-0.3, -0.25) is 4.98 Å². The highest BCUT2D eigenvalue weighted by molar-refractivity contribution is 5.76. The van der Waals surface area contributed by atoms with Gasteiger partial charge in [0.05, 0.1) is 35.7 Å². The largest absolute Gasteiger partial charge is 0.372 e. The maximum atomic E-state index is 4.73. The van der Waals surface area contributed by atoms with Crippen LogP contribution in [0.4, 0.5) is 5.82 Å². The number of rotatable bonds is 5. The number of nitrogens with zero attached hydrogens (tertiary/aromatic N) is 4. The van der Waals surface area contributed by atoms with Crippen molar-refractivity contribution >= 4 is 16.9 Å². The smallest absolute Gasteiger partial charge is 0.144 e. The van der Waals surface area contributed by atoms with Gasteiger partial charge in [0, 0.05) is 13.5 Å². The lowest BCUT2D eigenvalue weighted by Gasteiger charge is -2.08. The molecule has 108 valence electrons. The van der Waals surface area contributed by atoms with Crippen LogP contribution in [0.15, 0.2) is 36.7 Å². The second-order valence-corrected chi connectivity index (χ2v) is 5.00. The molecule has 0 unspecified atom stereocenters. The Morgan fingerprint density at radius 3 is 2.71 bits per heavy atom. The van der Waals surface area contributed by atoms with E-state index in [1.54, 1.807) is 6.20 Å². The molecule has 1 N–H and O–H groups in total. The van der Waals surface area contributed by atoms with Gasteiger partial charge < -0.3 is 9.88 Å². The van der Waals surface area contributed by atoms with Gasteiger partial charge in [0.15, 0.2) is 0 Å². The third-order valence-electron chi connectivity index (χ3n) is 3.49. The first-order valence-electron chi connectivity index (χ1n) is 7.24. The lowest BCUT2D eigenvalue weighted by Crippen LogP contribution is -2.07. The predicted molar refractivity (Wildman–Crippen MR) is 84.4 cm³/mol. The SMILES string of the molecule is CCCc1nc2ccccc2n1Cc1cnc(NC)cn1. The molecule has 0 saturated carbocycles. The maximum Gasteiger partial charge on any atom is 0.144 e. The van der Waals surface area contributed by atoms with Crippen LogP contribution in [0.2, 0.25) is 0 Å². The summed E-state index contributed by atoms with van der Waals surface area (Å²) in [6.45, 7) is 2.87. The average Bonchev–Trinajstić information content (AvgIpc) is 2.86.